The second-order valence-electron chi connectivity index (χ2n) is 4.45. The average Bonchev–Trinajstić information content (AvgIpc) is 2.40. The van der Waals surface area contributed by atoms with Gasteiger partial charge >= 0.3 is 0 Å². The maximum Gasteiger partial charge on any atom is 0.103 e. The Morgan fingerprint density at radius 2 is 2.28 bits per heavy atom. The second-order valence-corrected chi connectivity index (χ2v) is 5.56. The third kappa shape index (κ3) is 5.52. The van der Waals surface area contributed by atoms with E-state index in [9.17, 15) is 0 Å². The second kappa shape index (κ2) is 8.12. The minimum absolute atomic E-state index is 0.371. The number of nitrogens with zero attached hydrogens (tertiary/aromatic N) is 2. The number of unbranched alkanes of at least 4 members (excludes halogenated alkanes) is 1. The van der Waals surface area contributed by atoms with Crippen LogP contribution < -0.4 is 5.32 Å². The van der Waals surface area contributed by atoms with Gasteiger partial charge in [-0.15, -0.1) is 11.8 Å². The van der Waals surface area contributed by atoms with Crippen LogP contribution in [0, 0.1) is 11.3 Å². The first-order valence-corrected chi connectivity index (χ1v) is 7.39. The van der Waals surface area contributed by atoms with E-state index < -0.39 is 0 Å². The third-order valence-electron chi connectivity index (χ3n) is 2.77. The molecule has 0 saturated carbocycles. The molecule has 1 N–H and O–H groups in total. The third-order valence-corrected chi connectivity index (χ3v) is 3.80. The molecule has 4 heteroatoms. The topological polar surface area (TPSA) is 48.7 Å². The summed E-state index contributed by atoms with van der Waals surface area (Å²) in [6.45, 7) is 4.85. The van der Waals surface area contributed by atoms with E-state index >= 15 is 0 Å². The van der Waals surface area contributed by atoms with E-state index in [1.165, 1.54) is 0 Å². The van der Waals surface area contributed by atoms with Gasteiger partial charge in [0.15, 0.2) is 0 Å². The fraction of sp³-hybridized carbons (Fsp3) is 0.571. The van der Waals surface area contributed by atoms with Gasteiger partial charge in [-0.1, -0.05) is 13.0 Å². The molecule has 1 heterocycles. The quantitative estimate of drug-likeness (QED) is 0.578. The first kappa shape index (κ1) is 15.0. The molecule has 1 aromatic rings. The highest BCUT2D eigenvalue weighted by molar-refractivity contribution is 7.99. The summed E-state index contributed by atoms with van der Waals surface area (Å²) >= 11 is 1.78. The van der Waals surface area contributed by atoms with Gasteiger partial charge in [0.2, 0.25) is 0 Å². The minimum atomic E-state index is -0.371. The van der Waals surface area contributed by atoms with Crippen LogP contribution in [0.3, 0.4) is 0 Å². The summed E-state index contributed by atoms with van der Waals surface area (Å²) in [5.41, 5.74) is -0.371. The molecule has 18 heavy (non-hydrogen) atoms. The monoisotopic (exact) mass is 263 g/mol. The van der Waals surface area contributed by atoms with E-state index in [2.05, 4.69) is 16.4 Å². The summed E-state index contributed by atoms with van der Waals surface area (Å²) in [4.78, 5) is 4.27. The van der Waals surface area contributed by atoms with Crippen LogP contribution in [-0.2, 0) is 0 Å². The lowest BCUT2D eigenvalue weighted by Crippen LogP contribution is -2.40. The number of thioether (sulfide) groups is 1. The Balaban J connectivity index is 2.17. The zero-order valence-corrected chi connectivity index (χ0v) is 12.0. The van der Waals surface area contributed by atoms with Gasteiger partial charge in [0.1, 0.15) is 5.54 Å². The first-order chi connectivity index (χ1) is 8.70. The summed E-state index contributed by atoms with van der Waals surface area (Å²) in [5.74, 6) is 1.06. The molecule has 1 aromatic heterocycles. The van der Waals surface area contributed by atoms with Crippen molar-refractivity contribution in [3.05, 3.63) is 24.4 Å². The zero-order valence-electron chi connectivity index (χ0n) is 11.1. The number of aromatic nitrogens is 1. The number of nitrogens with one attached hydrogen (secondary N) is 1. The molecule has 98 valence electrons. The van der Waals surface area contributed by atoms with E-state index in [-0.39, 0.29) is 5.54 Å². The smallest absolute Gasteiger partial charge is 0.103 e. The number of nitriles is 1. The summed E-state index contributed by atoms with van der Waals surface area (Å²) in [5, 5.41) is 13.4. The van der Waals surface area contributed by atoms with Crippen LogP contribution in [0.25, 0.3) is 0 Å². The fourth-order valence-electron chi connectivity index (χ4n) is 1.76. The van der Waals surface area contributed by atoms with Crippen molar-refractivity contribution in [3.8, 4) is 6.07 Å². The van der Waals surface area contributed by atoms with Crippen molar-refractivity contribution >= 4 is 11.8 Å². The first-order valence-electron chi connectivity index (χ1n) is 6.40. The lowest BCUT2D eigenvalue weighted by molar-refractivity contribution is 0.415. The van der Waals surface area contributed by atoms with Crippen molar-refractivity contribution in [1.29, 1.82) is 5.26 Å². The van der Waals surface area contributed by atoms with Gasteiger partial charge < -0.3 is 0 Å². The highest BCUT2D eigenvalue weighted by Crippen LogP contribution is 2.18. The van der Waals surface area contributed by atoms with Crippen LogP contribution in [0.2, 0.25) is 0 Å². The van der Waals surface area contributed by atoms with Crippen LogP contribution in [0.15, 0.2) is 29.4 Å². The maximum absolute atomic E-state index is 9.12. The largest absolute Gasteiger partial charge is 0.300 e. The van der Waals surface area contributed by atoms with E-state index in [0.717, 1.165) is 36.6 Å². The number of rotatable bonds is 8. The molecule has 0 radical (unpaired) electrons. The lowest BCUT2D eigenvalue weighted by Gasteiger charge is -2.22. The molecule has 0 bridgehead atoms. The Morgan fingerprint density at radius 1 is 1.44 bits per heavy atom. The molecule has 0 spiro atoms. The summed E-state index contributed by atoms with van der Waals surface area (Å²) in [7, 11) is 0. The highest BCUT2D eigenvalue weighted by Gasteiger charge is 2.20. The SMILES string of the molecule is CCNC(C)(C#N)CCCCSc1ccccn1. The molecule has 0 saturated heterocycles. The molecular formula is C14H21N3S. The van der Waals surface area contributed by atoms with Crippen molar-refractivity contribution in [2.75, 3.05) is 12.3 Å². The van der Waals surface area contributed by atoms with E-state index in [1.54, 1.807) is 11.8 Å². The Morgan fingerprint density at radius 3 is 2.89 bits per heavy atom. The molecule has 0 aliphatic carbocycles. The van der Waals surface area contributed by atoms with Gasteiger partial charge in [0.25, 0.3) is 0 Å². The fourth-order valence-corrected chi connectivity index (χ4v) is 2.63. The molecular weight excluding hydrogens is 242 g/mol. The average molecular weight is 263 g/mol. The van der Waals surface area contributed by atoms with Gasteiger partial charge in [-0.25, -0.2) is 4.98 Å². The molecule has 0 aliphatic rings. The van der Waals surface area contributed by atoms with Crippen LogP contribution >= 0.6 is 11.8 Å². The van der Waals surface area contributed by atoms with Crippen molar-refractivity contribution in [2.24, 2.45) is 0 Å². The normalized spacial score (nSPS) is 13.8. The number of hydrogen-bond acceptors (Lipinski definition) is 4. The predicted octanol–water partition coefficient (Wildman–Crippen LogP) is 3.24. The van der Waals surface area contributed by atoms with Gasteiger partial charge in [0.05, 0.1) is 11.1 Å². The van der Waals surface area contributed by atoms with E-state index in [4.69, 9.17) is 5.26 Å². The van der Waals surface area contributed by atoms with Gasteiger partial charge in [0, 0.05) is 6.20 Å². The summed E-state index contributed by atoms with van der Waals surface area (Å²) in [6.07, 6.45) is 4.90. The molecule has 0 aromatic carbocycles. The van der Waals surface area contributed by atoms with E-state index in [0.29, 0.717) is 0 Å². The predicted molar refractivity (Wildman–Crippen MR) is 76.5 cm³/mol. The van der Waals surface area contributed by atoms with Gasteiger partial charge in [-0.3, -0.25) is 5.32 Å². The Labute approximate surface area is 114 Å². The van der Waals surface area contributed by atoms with Crippen LogP contribution in [0.1, 0.15) is 33.1 Å². The standard InChI is InChI=1S/C14H21N3S/c1-3-17-14(2,12-15)9-5-7-11-18-13-8-4-6-10-16-13/h4,6,8,10,17H,3,5,7,9,11H2,1-2H3. The Bertz CT molecular complexity index is 374. The minimum Gasteiger partial charge on any atom is -0.300 e. The molecule has 1 atom stereocenters. The number of hydrogen-bond donors (Lipinski definition) is 1. The van der Waals surface area contributed by atoms with Crippen molar-refractivity contribution in [2.45, 2.75) is 43.7 Å². The molecule has 0 amide bonds. The number of pyridine rings is 1. The van der Waals surface area contributed by atoms with Gasteiger partial charge in [-0.2, -0.15) is 5.26 Å². The lowest BCUT2D eigenvalue weighted by atomic mass is 9.97. The van der Waals surface area contributed by atoms with Crippen molar-refractivity contribution < 1.29 is 0 Å². The highest BCUT2D eigenvalue weighted by atomic mass is 32.2. The zero-order chi connectivity index (χ0) is 13.3. The summed E-state index contributed by atoms with van der Waals surface area (Å²) in [6, 6.07) is 8.32. The van der Waals surface area contributed by atoms with Crippen molar-refractivity contribution in [1.82, 2.24) is 10.3 Å². The van der Waals surface area contributed by atoms with E-state index in [1.807, 2.05) is 38.2 Å². The van der Waals surface area contributed by atoms with Crippen LogP contribution in [-0.4, -0.2) is 22.8 Å². The molecule has 0 fully saturated rings. The Kier molecular flexibility index (Phi) is 6.77. The van der Waals surface area contributed by atoms with Gasteiger partial charge in [-0.05, 0) is 50.6 Å². The maximum atomic E-state index is 9.12. The molecule has 3 nitrogen and oxygen atoms in total. The summed E-state index contributed by atoms with van der Waals surface area (Å²) < 4.78 is 0. The Hall–Kier alpha value is -1.05. The van der Waals surface area contributed by atoms with Crippen LogP contribution in [0.4, 0.5) is 0 Å². The molecule has 1 rings (SSSR count). The van der Waals surface area contributed by atoms with Crippen molar-refractivity contribution in [3.63, 3.8) is 0 Å². The van der Waals surface area contributed by atoms with Crippen LogP contribution in [0.5, 0.6) is 0 Å². The molecule has 0 aliphatic heterocycles. The molecule has 1 unspecified atom stereocenters.